The molecule has 0 bridgehead atoms. The molecule has 0 aliphatic rings. The van der Waals surface area contributed by atoms with E-state index in [0.29, 0.717) is 0 Å². The molecule has 0 aromatic carbocycles. The third-order valence-corrected chi connectivity index (χ3v) is 1.34. The third-order valence-electron chi connectivity index (χ3n) is 0.942. The van der Waals surface area contributed by atoms with Crippen molar-refractivity contribution in [2.75, 3.05) is 0 Å². The number of nitrogens with zero attached hydrogens (tertiary/aromatic N) is 1. The van der Waals surface area contributed by atoms with E-state index in [9.17, 15) is 0 Å². The van der Waals surface area contributed by atoms with Crippen molar-refractivity contribution < 1.29 is 0 Å². The Morgan fingerprint density at radius 3 is 2.56 bits per heavy atom. The van der Waals surface area contributed by atoms with Gasteiger partial charge in [-0.2, -0.15) is 0 Å². The predicted octanol–water partition coefficient (Wildman–Crippen LogP) is 2.47. The van der Waals surface area contributed by atoms with E-state index < -0.39 is 0 Å². The van der Waals surface area contributed by atoms with E-state index in [0.717, 1.165) is 10.7 Å². The van der Waals surface area contributed by atoms with Crippen molar-refractivity contribution in [3.05, 3.63) is 29.0 Å². The lowest BCUT2D eigenvalue weighted by Crippen LogP contribution is -1.77. The molecular formula is C6H7Cl2N. The van der Waals surface area contributed by atoms with Crippen LogP contribution in [0.25, 0.3) is 0 Å². The van der Waals surface area contributed by atoms with E-state index in [-0.39, 0.29) is 12.4 Å². The third kappa shape index (κ3) is 2.20. The van der Waals surface area contributed by atoms with Crippen molar-refractivity contribution in [2.24, 2.45) is 0 Å². The maximum atomic E-state index is 5.65. The van der Waals surface area contributed by atoms with Gasteiger partial charge in [-0.15, -0.1) is 12.4 Å². The fourth-order valence-electron chi connectivity index (χ4n) is 0.465. The van der Waals surface area contributed by atoms with Crippen molar-refractivity contribution in [1.82, 2.24) is 4.98 Å². The summed E-state index contributed by atoms with van der Waals surface area (Å²) < 4.78 is 0. The minimum absolute atomic E-state index is 0. The van der Waals surface area contributed by atoms with Gasteiger partial charge in [0.05, 0.1) is 10.7 Å². The van der Waals surface area contributed by atoms with E-state index in [4.69, 9.17) is 11.6 Å². The summed E-state index contributed by atoms with van der Waals surface area (Å²) in [4.78, 5) is 3.95. The van der Waals surface area contributed by atoms with Crippen LogP contribution in [0.5, 0.6) is 0 Å². The van der Waals surface area contributed by atoms with Gasteiger partial charge in [0.1, 0.15) is 0 Å². The summed E-state index contributed by atoms with van der Waals surface area (Å²) in [6, 6.07) is 3.64. The predicted molar refractivity (Wildman–Crippen MR) is 41.2 cm³/mol. The Kier molecular flexibility index (Phi) is 3.59. The molecule has 0 atom stereocenters. The molecule has 0 fully saturated rings. The number of hydrogen-bond donors (Lipinski definition) is 0. The quantitative estimate of drug-likeness (QED) is 0.573. The molecule has 1 nitrogen and oxygen atoms in total. The minimum Gasteiger partial charge on any atom is -0.260 e. The van der Waals surface area contributed by atoms with Gasteiger partial charge in [0.15, 0.2) is 0 Å². The van der Waals surface area contributed by atoms with Crippen LogP contribution in [-0.4, -0.2) is 4.98 Å². The van der Waals surface area contributed by atoms with E-state index in [1.807, 2.05) is 19.1 Å². The molecule has 0 aliphatic carbocycles. The number of aromatic nitrogens is 1. The number of pyridine rings is 1. The summed E-state index contributed by atoms with van der Waals surface area (Å²) in [6.07, 6.45) is 1.72. The smallest absolute Gasteiger partial charge is 0.0618 e. The number of hydrogen-bond acceptors (Lipinski definition) is 1. The summed E-state index contributed by atoms with van der Waals surface area (Å²) in [6.45, 7) is 1.88. The van der Waals surface area contributed by atoms with Crippen molar-refractivity contribution in [2.45, 2.75) is 6.92 Å². The van der Waals surface area contributed by atoms with Crippen LogP contribution in [0.1, 0.15) is 5.69 Å². The number of halogens is 2. The van der Waals surface area contributed by atoms with Crippen molar-refractivity contribution in [1.29, 1.82) is 0 Å². The molecule has 1 rings (SSSR count). The molecular weight excluding hydrogens is 157 g/mol. The highest BCUT2D eigenvalue weighted by Gasteiger charge is 1.88. The molecule has 1 aromatic rings. The zero-order chi connectivity index (χ0) is 5.98. The second-order valence-corrected chi connectivity index (χ2v) is 1.98. The highest BCUT2D eigenvalue weighted by atomic mass is 35.5. The minimum atomic E-state index is 0. The van der Waals surface area contributed by atoms with Gasteiger partial charge < -0.3 is 0 Å². The van der Waals surface area contributed by atoms with Crippen molar-refractivity contribution >= 4 is 24.0 Å². The Morgan fingerprint density at radius 2 is 2.22 bits per heavy atom. The first-order valence-corrected chi connectivity index (χ1v) is 2.75. The maximum Gasteiger partial charge on any atom is 0.0618 e. The van der Waals surface area contributed by atoms with Gasteiger partial charge in [-0.05, 0) is 19.1 Å². The zero-order valence-corrected chi connectivity index (χ0v) is 6.54. The average Bonchev–Trinajstić information content (AvgIpc) is 1.77. The van der Waals surface area contributed by atoms with Crippen molar-refractivity contribution in [3.8, 4) is 0 Å². The molecule has 0 aliphatic heterocycles. The van der Waals surface area contributed by atoms with Gasteiger partial charge in [0.25, 0.3) is 0 Å². The molecule has 0 saturated carbocycles. The molecule has 3 heteroatoms. The lowest BCUT2D eigenvalue weighted by Gasteiger charge is -1.90. The molecule has 0 saturated heterocycles. The van der Waals surface area contributed by atoms with E-state index >= 15 is 0 Å². The van der Waals surface area contributed by atoms with Crippen LogP contribution in [0.4, 0.5) is 0 Å². The Labute approximate surface area is 65.5 Å². The topological polar surface area (TPSA) is 12.9 Å². The molecule has 0 spiro atoms. The van der Waals surface area contributed by atoms with E-state index in [1.165, 1.54) is 0 Å². The fraction of sp³-hybridized carbons (Fsp3) is 0.167. The van der Waals surface area contributed by atoms with Crippen LogP contribution in [0.15, 0.2) is 18.3 Å². The first-order chi connectivity index (χ1) is 3.80. The van der Waals surface area contributed by atoms with Crippen LogP contribution >= 0.6 is 24.0 Å². The van der Waals surface area contributed by atoms with Crippen LogP contribution in [0.2, 0.25) is 5.02 Å². The van der Waals surface area contributed by atoms with Crippen LogP contribution in [0.3, 0.4) is 0 Å². The molecule has 0 radical (unpaired) electrons. The SMILES string of the molecule is Cc1ncccc1Cl.Cl. The Hall–Kier alpha value is -0.270. The van der Waals surface area contributed by atoms with Crippen LogP contribution < -0.4 is 0 Å². The maximum absolute atomic E-state index is 5.65. The second-order valence-electron chi connectivity index (χ2n) is 1.57. The Bertz CT molecular complexity index is 167. The number of rotatable bonds is 0. The van der Waals surface area contributed by atoms with E-state index in [2.05, 4.69) is 4.98 Å². The fourth-order valence-corrected chi connectivity index (χ4v) is 0.586. The summed E-state index contributed by atoms with van der Waals surface area (Å²) in [5.41, 5.74) is 0.883. The molecule has 0 unspecified atom stereocenters. The molecule has 50 valence electrons. The zero-order valence-electron chi connectivity index (χ0n) is 4.97. The Balaban J connectivity index is 0.000000640. The molecule has 0 amide bonds. The first kappa shape index (κ1) is 8.73. The van der Waals surface area contributed by atoms with Crippen LogP contribution in [-0.2, 0) is 0 Å². The second kappa shape index (κ2) is 3.70. The van der Waals surface area contributed by atoms with Gasteiger partial charge >= 0.3 is 0 Å². The number of aryl methyl sites for hydroxylation is 1. The van der Waals surface area contributed by atoms with Gasteiger partial charge in [-0.25, -0.2) is 0 Å². The molecule has 9 heavy (non-hydrogen) atoms. The van der Waals surface area contributed by atoms with Crippen LogP contribution in [0, 0.1) is 6.92 Å². The van der Waals surface area contributed by atoms with Crippen molar-refractivity contribution in [3.63, 3.8) is 0 Å². The van der Waals surface area contributed by atoms with Gasteiger partial charge in [0.2, 0.25) is 0 Å². The highest BCUT2D eigenvalue weighted by Crippen LogP contribution is 2.08. The Morgan fingerprint density at radius 1 is 1.56 bits per heavy atom. The first-order valence-electron chi connectivity index (χ1n) is 2.38. The highest BCUT2D eigenvalue weighted by molar-refractivity contribution is 6.31. The lowest BCUT2D eigenvalue weighted by molar-refractivity contribution is 1.20. The summed E-state index contributed by atoms with van der Waals surface area (Å²) in [7, 11) is 0. The summed E-state index contributed by atoms with van der Waals surface area (Å²) in [5.74, 6) is 0. The summed E-state index contributed by atoms with van der Waals surface area (Å²) in [5, 5.41) is 0.729. The molecule has 0 N–H and O–H groups in total. The van der Waals surface area contributed by atoms with Gasteiger partial charge in [-0.1, -0.05) is 11.6 Å². The monoisotopic (exact) mass is 163 g/mol. The van der Waals surface area contributed by atoms with Gasteiger partial charge in [0, 0.05) is 6.20 Å². The van der Waals surface area contributed by atoms with Gasteiger partial charge in [-0.3, -0.25) is 4.98 Å². The lowest BCUT2D eigenvalue weighted by atomic mass is 10.4. The molecule has 1 aromatic heterocycles. The molecule has 1 heterocycles. The summed E-state index contributed by atoms with van der Waals surface area (Å²) >= 11 is 5.65. The average molecular weight is 164 g/mol. The standard InChI is InChI=1S/C6H6ClN.ClH/c1-5-6(7)3-2-4-8-5;/h2-4H,1H3;1H. The normalized spacial score (nSPS) is 8.22. The van der Waals surface area contributed by atoms with E-state index in [1.54, 1.807) is 6.20 Å². The largest absolute Gasteiger partial charge is 0.260 e.